The molecule has 7 heteroatoms. The van der Waals surface area contributed by atoms with Gasteiger partial charge in [0.25, 0.3) is 5.89 Å². The fourth-order valence-electron chi connectivity index (χ4n) is 3.49. The maximum atomic E-state index is 11.4. The largest absolute Gasteiger partial charge is 0.402 e. The summed E-state index contributed by atoms with van der Waals surface area (Å²) in [5, 5.41) is 14.6. The van der Waals surface area contributed by atoms with Gasteiger partial charge in [-0.3, -0.25) is 4.79 Å². The van der Waals surface area contributed by atoms with Gasteiger partial charge in [-0.1, -0.05) is 31.9 Å². The zero-order valence-corrected chi connectivity index (χ0v) is 17.6. The van der Waals surface area contributed by atoms with Crippen LogP contribution < -0.4 is 10.6 Å². The molecular formula is C22H27N5O2. The van der Waals surface area contributed by atoms with Crippen LogP contribution in [0.2, 0.25) is 0 Å². The standard InChI is InChI=1S/C22H27N5O2/c1-12-8-17(20-26-27-21(29-20)24-11-18(28)23-5)25-19-15(12)9-14(13-6-7-13)10-16(19)22(2,3)4/h8-10,13H,6-7,11H2,1-5H3,(H,23,28)(H,24,27). The first-order chi connectivity index (χ1) is 13.8. The van der Waals surface area contributed by atoms with Crippen LogP contribution in [0, 0.1) is 6.92 Å². The Morgan fingerprint density at radius 3 is 2.62 bits per heavy atom. The van der Waals surface area contributed by atoms with Gasteiger partial charge in [0, 0.05) is 12.4 Å². The molecule has 3 aromatic rings. The molecule has 0 spiro atoms. The Morgan fingerprint density at radius 2 is 1.97 bits per heavy atom. The van der Waals surface area contributed by atoms with Gasteiger partial charge in [0.1, 0.15) is 5.69 Å². The Labute approximate surface area is 170 Å². The second-order valence-corrected chi connectivity index (χ2v) is 8.75. The smallest absolute Gasteiger partial charge is 0.316 e. The molecule has 0 saturated heterocycles. The zero-order chi connectivity index (χ0) is 20.8. The Kier molecular flexibility index (Phi) is 4.76. The second kappa shape index (κ2) is 7.13. The number of anilines is 1. The van der Waals surface area contributed by atoms with Crippen LogP contribution in [0.1, 0.15) is 56.2 Å². The number of likely N-dealkylation sites (N-methyl/N-ethyl adjacent to an activating group) is 1. The van der Waals surface area contributed by atoms with Crippen LogP contribution in [0.4, 0.5) is 6.01 Å². The molecule has 0 radical (unpaired) electrons. The normalized spacial score (nSPS) is 14.2. The average Bonchev–Trinajstić information content (AvgIpc) is 3.42. The van der Waals surface area contributed by atoms with Crippen LogP contribution in [0.25, 0.3) is 22.5 Å². The highest BCUT2D eigenvalue weighted by atomic mass is 16.4. The number of pyridine rings is 1. The van der Waals surface area contributed by atoms with E-state index >= 15 is 0 Å². The minimum Gasteiger partial charge on any atom is -0.402 e. The molecule has 0 atom stereocenters. The third-order valence-corrected chi connectivity index (χ3v) is 5.32. The van der Waals surface area contributed by atoms with Gasteiger partial charge in [0.15, 0.2) is 0 Å². The Hall–Kier alpha value is -2.96. The van der Waals surface area contributed by atoms with Crippen molar-refractivity contribution in [2.45, 2.75) is 51.9 Å². The zero-order valence-electron chi connectivity index (χ0n) is 17.6. The molecule has 152 valence electrons. The number of benzene rings is 1. The first-order valence-corrected chi connectivity index (χ1v) is 10.0. The van der Waals surface area contributed by atoms with Crippen molar-refractivity contribution in [1.82, 2.24) is 20.5 Å². The topological polar surface area (TPSA) is 92.9 Å². The Bertz CT molecular complexity index is 1080. The van der Waals surface area contributed by atoms with E-state index in [1.54, 1.807) is 7.05 Å². The number of hydrogen-bond acceptors (Lipinski definition) is 6. The molecule has 1 saturated carbocycles. The summed E-state index contributed by atoms with van der Waals surface area (Å²) >= 11 is 0. The summed E-state index contributed by atoms with van der Waals surface area (Å²) in [4.78, 5) is 16.3. The highest BCUT2D eigenvalue weighted by Crippen LogP contribution is 2.43. The first-order valence-electron chi connectivity index (χ1n) is 10.0. The van der Waals surface area contributed by atoms with Crippen LogP contribution in [0.3, 0.4) is 0 Å². The SMILES string of the molecule is CNC(=O)CNc1nnc(-c2cc(C)c3cc(C4CC4)cc(C(C)(C)C)c3n2)o1. The predicted octanol–water partition coefficient (Wildman–Crippen LogP) is 3.93. The quantitative estimate of drug-likeness (QED) is 0.682. The molecule has 1 aliphatic carbocycles. The van der Waals surface area contributed by atoms with Crippen LogP contribution in [0.15, 0.2) is 22.6 Å². The number of nitrogens with one attached hydrogen (secondary N) is 2. The van der Waals surface area contributed by atoms with Gasteiger partial charge < -0.3 is 15.1 Å². The number of carbonyl (C=O) groups is 1. The van der Waals surface area contributed by atoms with Crippen molar-refractivity contribution >= 4 is 22.8 Å². The van der Waals surface area contributed by atoms with Crippen molar-refractivity contribution in [2.75, 3.05) is 18.9 Å². The molecule has 2 heterocycles. The van der Waals surface area contributed by atoms with Crippen molar-refractivity contribution in [2.24, 2.45) is 0 Å². The van der Waals surface area contributed by atoms with Crippen molar-refractivity contribution in [1.29, 1.82) is 0 Å². The number of fused-ring (bicyclic) bond motifs is 1. The molecule has 1 amide bonds. The molecule has 1 fully saturated rings. The molecule has 2 N–H and O–H groups in total. The highest BCUT2D eigenvalue weighted by molar-refractivity contribution is 5.88. The fraction of sp³-hybridized carbons (Fsp3) is 0.455. The van der Waals surface area contributed by atoms with Crippen LogP contribution in [0.5, 0.6) is 0 Å². The van der Waals surface area contributed by atoms with Gasteiger partial charge in [-0.05, 0) is 59.9 Å². The molecule has 0 bridgehead atoms. The molecule has 2 aromatic heterocycles. The lowest BCUT2D eigenvalue weighted by atomic mass is 9.83. The maximum Gasteiger partial charge on any atom is 0.316 e. The molecule has 29 heavy (non-hydrogen) atoms. The summed E-state index contributed by atoms with van der Waals surface area (Å²) in [6.45, 7) is 8.82. The van der Waals surface area contributed by atoms with Gasteiger partial charge in [0.05, 0.1) is 12.1 Å². The maximum absolute atomic E-state index is 11.4. The van der Waals surface area contributed by atoms with Crippen LogP contribution in [-0.4, -0.2) is 34.7 Å². The van der Waals surface area contributed by atoms with Crippen LogP contribution >= 0.6 is 0 Å². The molecule has 0 aliphatic heterocycles. The van der Waals surface area contributed by atoms with E-state index in [2.05, 4.69) is 60.7 Å². The highest BCUT2D eigenvalue weighted by Gasteiger charge is 2.28. The number of aryl methyl sites for hydroxylation is 1. The molecule has 0 unspecified atom stereocenters. The van der Waals surface area contributed by atoms with Crippen molar-refractivity contribution in [3.8, 4) is 11.6 Å². The van der Waals surface area contributed by atoms with E-state index in [9.17, 15) is 4.79 Å². The van der Waals surface area contributed by atoms with Gasteiger partial charge in [-0.15, -0.1) is 5.10 Å². The lowest BCUT2D eigenvalue weighted by Gasteiger charge is -2.23. The van der Waals surface area contributed by atoms with E-state index in [0.29, 0.717) is 17.5 Å². The number of rotatable bonds is 5. The predicted molar refractivity (Wildman–Crippen MR) is 113 cm³/mol. The lowest BCUT2D eigenvalue weighted by molar-refractivity contribution is -0.118. The second-order valence-electron chi connectivity index (χ2n) is 8.75. The van der Waals surface area contributed by atoms with Crippen molar-refractivity contribution in [3.05, 3.63) is 34.9 Å². The average molecular weight is 393 g/mol. The van der Waals surface area contributed by atoms with E-state index in [1.165, 1.54) is 29.4 Å². The fourth-order valence-corrected chi connectivity index (χ4v) is 3.49. The number of carbonyl (C=O) groups excluding carboxylic acids is 1. The summed E-state index contributed by atoms with van der Waals surface area (Å²) in [7, 11) is 1.58. The van der Waals surface area contributed by atoms with Gasteiger partial charge in [0.2, 0.25) is 5.91 Å². The van der Waals surface area contributed by atoms with Gasteiger partial charge in [-0.25, -0.2) is 4.98 Å². The molecule has 7 nitrogen and oxygen atoms in total. The van der Waals surface area contributed by atoms with E-state index in [0.717, 1.165) is 11.1 Å². The molecular weight excluding hydrogens is 366 g/mol. The Morgan fingerprint density at radius 1 is 1.21 bits per heavy atom. The number of amides is 1. The molecule has 1 aliphatic rings. The van der Waals surface area contributed by atoms with Crippen molar-refractivity contribution in [3.63, 3.8) is 0 Å². The van der Waals surface area contributed by atoms with Crippen LogP contribution in [-0.2, 0) is 10.2 Å². The monoisotopic (exact) mass is 393 g/mol. The summed E-state index contributed by atoms with van der Waals surface area (Å²) in [5.74, 6) is 0.857. The summed E-state index contributed by atoms with van der Waals surface area (Å²) in [6, 6.07) is 6.80. The lowest BCUT2D eigenvalue weighted by Crippen LogP contribution is -2.26. The summed E-state index contributed by atoms with van der Waals surface area (Å²) in [5.41, 5.74) is 5.38. The summed E-state index contributed by atoms with van der Waals surface area (Å²) < 4.78 is 5.69. The van der Waals surface area contributed by atoms with Crippen molar-refractivity contribution < 1.29 is 9.21 Å². The minimum atomic E-state index is -0.161. The molecule has 1 aromatic carbocycles. The third-order valence-electron chi connectivity index (χ3n) is 5.32. The Balaban J connectivity index is 1.76. The van der Waals surface area contributed by atoms with E-state index in [-0.39, 0.29) is 23.9 Å². The molecule has 4 rings (SSSR count). The number of hydrogen-bond donors (Lipinski definition) is 2. The van der Waals surface area contributed by atoms with E-state index in [4.69, 9.17) is 9.40 Å². The minimum absolute atomic E-state index is 0.0315. The summed E-state index contributed by atoms with van der Waals surface area (Å²) in [6.07, 6.45) is 2.54. The number of aromatic nitrogens is 3. The number of nitrogens with zero attached hydrogens (tertiary/aromatic N) is 3. The first kappa shape index (κ1) is 19.4. The van der Waals surface area contributed by atoms with Gasteiger partial charge in [-0.2, -0.15) is 0 Å². The third kappa shape index (κ3) is 3.95. The van der Waals surface area contributed by atoms with E-state index in [1.807, 2.05) is 6.07 Å². The van der Waals surface area contributed by atoms with Gasteiger partial charge >= 0.3 is 6.01 Å². The van der Waals surface area contributed by atoms with E-state index < -0.39 is 0 Å².